The van der Waals surface area contributed by atoms with Crippen LogP contribution in [-0.4, -0.2) is 30.6 Å². The highest BCUT2D eigenvalue weighted by Crippen LogP contribution is 2.17. The molecule has 1 radical (unpaired) electrons. The summed E-state index contributed by atoms with van der Waals surface area (Å²) in [5.74, 6) is 0.675. The summed E-state index contributed by atoms with van der Waals surface area (Å²) in [6, 6.07) is -0.357. The van der Waals surface area contributed by atoms with Crippen molar-refractivity contribution in [1.29, 1.82) is 0 Å². The molecule has 2 nitrogen and oxygen atoms in total. The van der Waals surface area contributed by atoms with Crippen LogP contribution in [0.5, 0.6) is 0 Å². The van der Waals surface area contributed by atoms with Gasteiger partial charge in [-0.1, -0.05) is 20.7 Å². The van der Waals surface area contributed by atoms with E-state index < -0.39 is 0 Å². The van der Waals surface area contributed by atoms with Gasteiger partial charge >= 0.3 is 0 Å². The highest BCUT2D eigenvalue weighted by atomic mass is 16.5. The van der Waals surface area contributed by atoms with E-state index in [0.717, 1.165) is 13.0 Å². The molecule has 0 aromatic rings. The number of ether oxygens (including phenoxy) is 1. The van der Waals surface area contributed by atoms with Gasteiger partial charge in [0.1, 0.15) is 7.28 Å². The Morgan fingerprint density at radius 3 is 2.36 bits per heavy atom. The fraction of sp³-hybridized carbons (Fsp3) is 1.00. The Hall–Kier alpha value is -0.0151. The van der Waals surface area contributed by atoms with E-state index in [1.807, 2.05) is 20.7 Å². The summed E-state index contributed by atoms with van der Waals surface area (Å²) in [5, 5.41) is 9.47. The summed E-state index contributed by atoms with van der Waals surface area (Å²) in [5.41, 5.74) is -0.221. The molecule has 1 unspecified atom stereocenters. The second-order valence-corrected chi connectivity index (χ2v) is 4.90. The summed E-state index contributed by atoms with van der Waals surface area (Å²) in [6.07, 6.45) is 1.75. The molecule has 1 atom stereocenters. The first-order valence-corrected chi connectivity index (χ1v) is 5.49. The number of rotatable bonds is 7. The fourth-order valence-electron chi connectivity index (χ4n) is 1.25. The van der Waals surface area contributed by atoms with Crippen LogP contribution in [0, 0.1) is 5.92 Å². The Balaban J connectivity index is 3.71. The molecule has 14 heavy (non-hydrogen) atoms. The molecular formula is C11H24BO2. The summed E-state index contributed by atoms with van der Waals surface area (Å²) in [6.45, 7) is 11.1. The molecule has 0 bridgehead atoms. The largest absolute Gasteiger partial charge is 0.402 e. The lowest BCUT2D eigenvalue weighted by molar-refractivity contribution is -0.0418. The Morgan fingerprint density at radius 1 is 1.36 bits per heavy atom. The first-order valence-electron chi connectivity index (χ1n) is 5.49. The third-order valence-electron chi connectivity index (χ3n) is 2.27. The summed E-state index contributed by atoms with van der Waals surface area (Å²) in [4.78, 5) is 0. The molecule has 0 aliphatic carbocycles. The Labute approximate surface area is 89.3 Å². The van der Waals surface area contributed by atoms with Gasteiger partial charge in [-0.05, 0) is 32.6 Å². The molecule has 0 rings (SSSR count). The van der Waals surface area contributed by atoms with E-state index in [0.29, 0.717) is 12.3 Å². The molecule has 0 saturated heterocycles. The first-order chi connectivity index (χ1) is 6.37. The van der Waals surface area contributed by atoms with E-state index in [-0.39, 0.29) is 11.6 Å². The monoisotopic (exact) mass is 199 g/mol. The van der Waals surface area contributed by atoms with Crippen LogP contribution in [0.2, 0.25) is 6.82 Å². The van der Waals surface area contributed by atoms with E-state index in [9.17, 15) is 5.11 Å². The van der Waals surface area contributed by atoms with E-state index in [4.69, 9.17) is 4.74 Å². The smallest absolute Gasteiger partial charge is 0.145 e. The molecule has 0 aromatic carbocycles. The van der Waals surface area contributed by atoms with Crippen molar-refractivity contribution in [2.75, 3.05) is 6.61 Å². The molecule has 0 fully saturated rings. The lowest BCUT2D eigenvalue weighted by Crippen LogP contribution is -2.32. The topological polar surface area (TPSA) is 29.5 Å². The second kappa shape index (κ2) is 6.47. The van der Waals surface area contributed by atoms with Crippen LogP contribution in [0.25, 0.3) is 0 Å². The van der Waals surface area contributed by atoms with E-state index in [1.165, 1.54) is 0 Å². The van der Waals surface area contributed by atoms with Gasteiger partial charge in [0.2, 0.25) is 0 Å². The third-order valence-corrected chi connectivity index (χ3v) is 2.27. The maximum atomic E-state index is 9.47. The van der Waals surface area contributed by atoms with Crippen LogP contribution in [0.1, 0.15) is 40.5 Å². The zero-order chi connectivity index (χ0) is 11.2. The van der Waals surface area contributed by atoms with Crippen molar-refractivity contribution in [2.24, 2.45) is 5.92 Å². The third kappa shape index (κ3) is 7.39. The molecule has 0 aromatic heterocycles. The normalized spacial score (nSPS) is 14.5. The van der Waals surface area contributed by atoms with Crippen LogP contribution in [0.15, 0.2) is 0 Å². The minimum absolute atomic E-state index is 0.221. The predicted molar refractivity (Wildman–Crippen MR) is 61.7 cm³/mol. The van der Waals surface area contributed by atoms with Gasteiger partial charge in [0, 0.05) is 12.6 Å². The van der Waals surface area contributed by atoms with E-state index >= 15 is 0 Å². The highest BCUT2D eigenvalue weighted by Gasteiger charge is 2.21. The van der Waals surface area contributed by atoms with Gasteiger partial charge < -0.3 is 9.84 Å². The minimum atomic E-state index is -0.357. The predicted octanol–water partition coefficient (Wildman–Crippen LogP) is 2.29. The molecule has 0 aliphatic rings. The standard InChI is InChI=1S/C11H24BO2/c1-9(2)6-7-14-11(3,4)8-10(13)12-5/h9-10,13H,6-8H2,1-5H3. The molecular weight excluding hydrogens is 175 g/mol. The van der Waals surface area contributed by atoms with Gasteiger partial charge in [-0.3, -0.25) is 0 Å². The minimum Gasteiger partial charge on any atom is -0.402 e. The van der Waals surface area contributed by atoms with Crippen LogP contribution >= 0.6 is 0 Å². The maximum absolute atomic E-state index is 9.47. The van der Waals surface area contributed by atoms with Crippen LogP contribution in [0.3, 0.4) is 0 Å². The van der Waals surface area contributed by atoms with Crippen molar-refractivity contribution in [3.63, 3.8) is 0 Å². The van der Waals surface area contributed by atoms with Gasteiger partial charge in [0.15, 0.2) is 0 Å². The van der Waals surface area contributed by atoms with E-state index in [1.54, 1.807) is 7.28 Å². The van der Waals surface area contributed by atoms with E-state index in [2.05, 4.69) is 13.8 Å². The maximum Gasteiger partial charge on any atom is 0.145 e. The quantitative estimate of drug-likeness (QED) is 0.637. The fourth-order valence-corrected chi connectivity index (χ4v) is 1.25. The van der Waals surface area contributed by atoms with Gasteiger partial charge in [-0.25, -0.2) is 0 Å². The number of hydrogen-bond acceptors (Lipinski definition) is 2. The van der Waals surface area contributed by atoms with Crippen molar-refractivity contribution in [2.45, 2.75) is 59.0 Å². The lowest BCUT2D eigenvalue weighted by Gasteiger charge is -2.28. The Bertz CT molecular complexity index is 146. The van der Waals surface area contributed by atoms with Gasteiger partial charge in [0.05, 0.1) is 5.60 Å². The van der Waals surface area contributed by atoms with Crippen LogP contribution < -0.4 is 0 Å². The van der Waals surface area contributed by atoms with Crippen LogP contribution in [-0.2, 0) is 4.74 Å². The van der Waals surface area contributed by atoms with Crippen molar-refractivity contribution in [1.82, 2.24) is 0 Å². The zero-order valence-corrected chi connectivity index (χ0v) is 10.2. The zero-order valence-electron chi connectivity index (χ0n) is 10.2. The average molecular weight is 199 g/mol. The second-order valence-electron chi connectivity index (χ2n) is 4.90. The van der Waals surface area contributed by atoms with Crippen molar-refractivity contribution in [3.8, 4) is 0 Å². The molecule has 83 valence electrons. The molecule has 0 amide bonds. The van der Waals surface area contributed by atoms with Crippen molar-refractivity contribution < 1.29 is 9.84 Å². The molecule has 1 N–H and O–H groups in total. The average Bonchev–Trinajstić information content (AvgIpc) is 2.02. The van der Waals surface area contributed by atoms with Crippen LogP contribution in [0.4, 0.5) is 0 Å². The van der Waals surface area contributed by atoms with Gasteiger partial charge in [-0.2, -0.15) is 0 Å². The molecule has 3 heteroatoms. The van der Waals surface area contributed by atoms with Crippen molar-refractivity contribution in [3.05, 3.63) is 0 Å². The lowest BCUT2D eigenvalue weighted by atomic mass is 9.71. The van der Waals surface area contributed by atoms with Gasteiger partial charge in [0.25, 0.3) is 0 Å². The highest BCUT2D eigenvalue weighted by molar-refractivity contribution is 6.35. The Morgan fingerprint density at radius 2 is 1.93 bits per heavy atom. The summed E-state index contributed by atoms with van der Waals surface area (Å²) >= 11 is 0. The first kappa shape index (κ1) is 14.0. The van der Waals surface area contributed by atoms with Gasteiger partial charge in [-0.15, -0.1) is 0 Å². The molecule has 0 spiro atoms. The summed E-state index contributed by atoms with van der Waals surface area (Å²) in [7, 11) is 1.80. The Kier molecular flexibility index (Phi) is 6.46. The molecule has 0 heterocycles. The van der Waals surface area contributed by atoms with Crippen molar-refractivity contribution >= 4 is 7.28 Å². The number of aliphatic hydroxyl groups excluding tert-OH is 1. The molecule has 0 saturated carbocycles. The SMILES string of the molecule is C[B]C(O)CC(C)(C)OCCC(C)C. The number of hydrogen-bond donors (Lipinski definition) is 1. The summed E-state index contributed by atoms with van der Waals surface area (Å²) < 4.78 is 5.73. The molecule has 0 aliphatic heterocycles. The number of aliphatic hydroxyl groups is 1.